The zero-order valence-electron chi connectivity index (χ0n) is 12.9. The molecule has 8 heteroatoms. The number of hydrogen-bond acceptors (Lipinski definition) is 4. The normalized spacial score (nSPS) is 10.8. The smallest absolute Gasteiger partial charge is 0.267 e. The van der Waals surface area contributed by atoms with E-state index in [1.54, 1.807) is 30.3 Å². The summed E-state index contributed by atoms with van der Waals surface area (Å²) in [6.45, 7) is 0. The Kier molecular flexibility index (Phi) is 6.54. The van der Waals surface area contributed by atoms with E-state index in [1.807, 2.05) is 6.07 Å². The monoisotopic (exact) mass is 395 g/mol. The van der Waals surface area contributed by atoms with Crippen LogP contribution in [-0.4, -0.2) is 13.0 Å². The molecule has 0 aliphatic carbocycles. The van der Waals surface area contributed by atoms with Crippen LogP contribution in [0.5, 0.6) is 5.75 Å². The molecule has 0 saturated heterocycles. The largest absolute Gasteiger partial charge is 0.495 e. The van der Waals surface area contributed by atoms with Crippen molar-refractivity contribution < 1.29 is 9.53 Å². The maximum absolute atomic E-state index is 12.3. The van der Waals surface area contributed by atoms with E-state index in [0.29, 0.717) is 32.2 Å². The molecule has 0 spiro atoms. The summed E-state index contributed by atoms with van der Waals surface area (Å²) in [4.78, 5) is 12.3. The van der Waals surface area contributed by atoms with Crippen molar-refractivity contribution >= 4 is 52.1 Å². The van der Waals surface area contributed by atoms with E-state index in [0.717, 1.165) is 0 Å². The number of anilines is 2. The molecule has 2 N–H and O–H groups in total. The van der Waals surface area contributed by atoms with Gasteiger partial charge in [0.25, 0.3) is 5.91 Å². The third kappa shape index (κ3) is 5.30. The van der Waals surface area contributed by atoms with Gasteiger partial charge in [-0.15, -0.1) is 0 Å². The summed E-state index contributed by atoms with van der Waals surface area (Å²) < 4.78 is 5.15. The second-order valence-electron chi connectivity index (χ2n) is 4.77. The summed E-state index contributed by atoms with van der Waals surface area (Å²) in [5.74, 6) is -0.201. The van der Waals surface area contributed by atoms with Gasteiger partial charge in [0.2, 0.25) is 0 Å². The molecule has 2 rings (SSSR count). The average molecular weight is 397 g/mol. The molecule has 2 aromatic carbocycles. The highest BCUT2D eigenvalue weighted by Gasteiger charge is 2.13. The van der Waals surface area contributed by atoms with Gasteiger partial charge in [0, 0.05) is 27.0 Å². The Morgan fingerprint density at radius 3 is 2.40 bits per heavy atom. The van der Waals surface area contributed by atoms with Gasteiger partial charge in [-0.25, -0.2) is 0 Å². The van der Waals surface area contributed by atoms with Crippen molar-refractivity contribution in [3.05, 3.63) is 63.2 Å². The van der Waals surface area contributed by atoms with E-state index in [4.69, 9.17) is 39.5 Å². The lowest BCUT2D eigenvalue weighted by molar-refractivity contribution is -0.112. The lowest BCUT2D eigenvalue weighted by Gasteiger charge is -2.10. The minimum atomic E-state index is -0.622. The van der Waals surface area contributed by atoms with Gasteiger partial charge in [-0.05, 0) is 36.4 Å². The Hall–Kier alpha value is -2.39. The molecular formula is C17H12Cl3N3O2. The van der Waals surface area contributed by atoms with Gasteiger partial charge < -0.3 is 15.4 Å². The molecule has 0 radical (unpaired) electrons. The number of hydrogen-bond donors (Lipinski definition) is 2. The van der Waals surface area contributed by atoms with Gasteiger partial charge >= 0.3 is 0 Å². The molecule has 0 atom stereocenters. The van der Waals surface area contributed by atoms with Gasteiger partial charge in [-0.2, -0.15) is 5.26 Å². The number of nitriles is 1. The molecule has 0 heterocycles. The van der Waals surface area contributed by atoms with E-state index in [1.165, 1.54) is 19.4 Å². The molecule has 0 saturated carbocycles. The second kappa shape index (κ2) is 8.63. The number of methoxy groups -OCH3 is 1. The molecule has 2 aromatic rings. The Morgan fingerprint density at radius 2 is 1.80 bits per heavy atom. The Balaban J connectivity index is 2.18. The first-order chi connectivity index (χ1) is 11.9. The molecule has 1 amide bonds. The maximum Gasteiger partial charge on any atom is 0.267 e. The van der Waals surface area contributed by atoms with Crippen molar-refractivity contribution in [2.24, 2.45) is 0 Å². The summed E-state index contributed by atoms with van der Waals surface area (Å²) in [7, 11) is 1.46. The zero-order valence-corrected chi connectivity index (χ0v) is 15.2. The summed E-state index contributed by atoms with van der Waals surface area (Å²) in [5.41, 5.74) is 0.739. The Labute approximate surface area is 159 Å². The van der Waals surface area contributed by atoms with Gasteiger partial charge in [0.05, 0.1) is 12.8 Å². The molecule has 0 fully saturated rings. The van der Waals surface area contributed by atoms with Crippen LogP contribution in [0.1, 0.15) is 0 Å². The van der Waals surface area contributed by atoms with E-state index in [9.17, 15) is 10.1 Å². The predicted octanol–water partition coefficient (Wildman–Crippen LogP) is 5.11. The molecular weight excluding hydrogens is 385 g/mol. The number of amides is 1. The Morgan fingerprint density at radius 1 is 1.12 bits per heavy atom. The number of carbonyl (C=O) groups excluding carboxylic acids is 1. The van der Waals surface area contributed by atoms with E-state index < -0.39 is 5.91 Å². The van der Waals surface area contributed by atoms with E-state index in [-0.39, 0.29) is 5.57 Å². The van der Waals surface area contributed by atoms with Crippen molar-refractivity contribution in [2.45, 2.75) is 0 Å². The lowest BCUT2D eigenvalue weighted by Crippen LogP contribution is -2.15. The molecule has 0 aliphatic heterocycles. The number of nitrogens with one attached hydrogen (secondary N) is 2. The van der Waals surface area contributed by atoms with Crippen LogP contribution in [0.25, 0.3) is 0 Å². The third-order valence-electron chi connectivity index (χ3n) is 3.02. The lowest BCUT2D eigenvalue weighted by atomic mass is 10.2. The summed E-state index contributed by atoms with van der Waals surface area (Å²) in [5, 5.41) is 15.9. The highest BCUT2D eigenvalue weighted by atomic mass is 35.5. The standard InChI is InChI=1S/C17H12Cl3N3O2/c1-25-16-3-2-11(18)7-15(16)23-17(24)10(8-21)9-22-14-5-12(19)4-13(20)6-14/h2-7,9,22H,1H3,(H,23,24)/b10-9-. The van der Waals surface area contributed by atoms with Crippen molar-refractivity contribution in [1.29, 1.82) is 5.26 Å². The topological polar surface area (TPSA) is 74.1 Å². The minimum Gasteiger partial charge on any atom is -0.495 e. The van der Waals surface area contributed by atoms with Crippen LogP contribution in [0.15, 0.2) is 48.2 Å². The van der Waals surface area contributed by atoms with Crippen LogP contribution in [0, 0.1) is 11.3 Å². The first-order valence-electron chi connectivity index (χ1n) is 6.90. The number of rotatable bonds is 5. The number of nitrogens with zero attached hydrogens (tertiary/aromatic N) is 1. The van der Waals surface area contributed by atoms with Crippen molar-refractivity contribution in [1.82, 2.24) is 0 Å². The molecule has 0 unspecified atom stereocenters. The van der Waals surface area contributed by atoms with Gasteiger partial charge in [0.15, 0.2) is 0 Å². The van der Waals surface area contributed by atoms with Crippen molar-refractivity contribution in [2.75, 3.05) is 17.7 Å². The highest BCUT2D eigenvalue weighted by molar-refractivity contribution is 6.35. The zero-order chi connectivity index (χ0) is 18.4. The SMILES string of the molecule is COc1ccc(Cl)cc1NC(=O)/C(C#N)=C\Nc1cc(Cl)cc(Cl)c1. The van der Waals surface area contributed by atoms with Crippen molar-refractivity contribution in [3.8, 4) is 11.8 Å². The fourth-order valence-electron chi connectivity index (χ4n) is 1.91. The summed E-state index contributed by atoms with van der Waals surface area (Å²) >= 11 is 17.7. The summed E-state index contributed by atoms with van der Waals surface area (Å²) in [6, 6.07) is 11.4. The molecule has 128 valence electrons. The third-order valence-corrected chi connectivity index (χ3v) is 3.69. The van der Waals surface area contributed by atoms with Crippen molar-refractivity contribution in [3.63, 3.8) is 0 Å². The first kappa shape index (κ1) is 18.9. The quantitative estimate of drug-likeness (QED) is 0.544. The van der Waals surface area contributed by atoms with Crippen LogP contribution in [0.4, 0.5) is 11.4 Å². The first-order valence-corrected chi connectivity index (χ1v) is 8.04. The van der Waals surface area contributed by atoms with E-state index >= 15 is 0 Å². The fraction of sp³-hybridized carbons (Fsp3) is 0.0588. The highest BCUT2D eigenvalue weighted by Crippen LogP contribution is 2.28. The number of ether oxygens (including phenoxy) is 1. The molecule has 5 nitrogen and oxygen atoms in total. The Bertz CT molecular complexity index is 856. The fourth-order valence-corrected chi connectivity index (χ4v) is 2.61. The second-order valence-corrected chi connectivity index (χ2v) is 6.08. The molecule has 25 heavy (non-hydrogen) atoms. The van der Waals surface area contributed by atoms with Crippen LogP contribution < -0.4 is 15.4 Å². The molecule has 0 bridgehead atoms. The van der Waals surface area contributed by atoms with Crippen LogP contribution in [0.2, 0.25) is 15.1 Å². The number of carbonyl (C=O) groups is 1. The number of halogens is 3. The van der Waals surface area contributed by atoms with Gasteiger partial charge in [-0.1, -0.05) is 34.8 Å². The predicted molar refractivity (Wildman–Crippen MR) is 100 cm³/mol. The molecule has 0 aromatic heterocycles. The van der Waals surface area contributed by atoms with E-state index in [2.05, 4.69) is 10.6 Å². The minimum absolute atomic E-state index is 0.155. The number of benzene rings is 2. The van der Waals surface area contributed by atoms with Crippen LogP contribution in [-0.2, 0) is 4.79 Å². The average Bonchev–Trinajstić information content (AvgIpc) is 2.54. The molecule has 0 aliphatic rings. The summed E-state index contributed by atoms with van der Waals surface area (Å²) in [6.07, 6.45) is 1.26. The van der Waals surface area contributed by atoms with Gasteiger partial charge in [0.1, 0.15) is 17.4 Å². The maximum atomic E-state index is 12.3. The van der Waals surface area contributed by atoms with Crippen LogP contribution in [0.3, 0.4) is 0 Å². The van der Waals surface area contributed by atoms with Gasteiger partial charge in [-0.3, -0.25) is 4.79 Å². The van der Waals surface area contributed by atoms with Crippen LogP contribution >= 0.6 is 34.8 Å².